The van der Waals surface area contributed by atoms with Crippen molar-refractivity contribution in [3.63, 3.8) is 0 Å². The third kappa shape index (κ3) is 7.21. The van der Waals surface area contributed by atoms with E-state index < -0.39 is 6.67 Å². The van der Waals surface area contributed by atoms with Crippen LogP contribution in [-0.4, -0.2) is 13.3 Å². The van der Waals surface area contributed by atoms with Gasteiger partial charge in [0.05, 0.1) is 6.67 Å². The van der Waals surface area contributed by atoms with E-state index in [1.54, 1.807) is 19.1 Å². The number of allylic oxidation sites excluding steroid dienone is 4. The third-order valence-corrected chi connectivity index (χ3v) is 3.07. The largest absolute Gasteiger partial charge is 0.489 e. The molecule has 0 unspecified atom stereocenters. The van der Waals surface area contributed by atoms with Gasteiger partial charge < -0.3 is 4.74 Å². The second kappa shape index (κ2) is 10.8. The quantitative estimate of drug-likeness (QED) is 0.529. The van der Waals surface area contributed by atoms with Gasteiger partial charge in [-0.15, -0.1) is 0 Å². The first-order valence-electron chi connectivity index (χ1n) is 7.66. The van der Waals surface area contributed by atoms with E-state index in [0.717, 1.165) is 18.6 Å². The van der Waals surface area contributed by atoms with Crippen molar-refractivity contribution in [2.75, 3.05) is 13.3 Å². The molecule has 1 nitrogen and oxygen atoms in total. The maximum atomic E-state index is 13.4. The molecular weight excluding hydrogens is 282 g/mol. The number of benzene rings is 1. The van der Waals surface area contributed by atoms with Crippen LogP contribution in [-0.2, 0) is 6.42 Å². The Kier molecular flexibility index (Phi) is 8.89. The van der Waals surface area contributed by atoms with Gasteiger partial charge in [0, 0.05) is 0 Å². The summed E-state index contributed by atoms with van der Waals surface area (Å²) in [6, 6.07) is 7.90. The zero-order chi connectivity index (χ0) is 16.2. The van der Waals surface area contributed by atoms with Crippen LogP contribution in [0.5, 0.6) is 5.75 Å². The molecule has 120 valence electrons. The van der Waals surface area contributed by atoms with E-state index in [4.69, 9.17) is 4.74 Å². The van der Waals surface area contributed by atoms with Gasteiger partial charge in [-0.25, -0.2) is 4.39 Å². The highest BCUT2D eigenvalue weighted by molar-refractivity contribution is 5.31. The molecule has 1 aromatic carbocycles. The topological polar surface area (TPSA) is 9.23 Å². The van der Waals surface area contributed by atoms with Crippen molar-refractivity contribution in [3.05, 3.63) is 65.5 Å². The van der Waals surface area contributed by atoms with Crippen LogP contribution < -0.4 is 4.74 Å². The summed E-state index contributed by atoms with van der Waals surface area (Å²) in [6.45, 7) is 3.59. The lowest BCUT2D eigenvalue weighted by Gasteiger charge is -2.08. The lowest BCUT2D eigenvalue weighted by atomic mass is 10.1. The van der Waals surface area contributed by atoms with Crippen molar-refractivity contribution >= 4 is 0 Å². The van der Waals surface area contributed by atoms with Crippen molar-refractivity contribution in [1.29, 1.82) is 0 Å². The third-order valence-electron chi connectivity index (χ3n) is 3.07. The second-order valence-electron chi connectivity index (χ2n) is 4.96. The van der Waals surface area contributed by atoms with Crippen molar-refractivity contribution < 1.29 is 13.5 Å². The average Bonchev–Trinajstić information content (AvgIpc) is 2.54. The fourth-order valence-electron chi connectivity index (χ4n) is 1.90. The number of ether oxygens (including phenoxy) is 1. The summed E-state index contributed by atoms with van der Waals surface area (Å²) in [6.07, 6.45) is 8.64. The van der Waals surface area contributed by atoms with Gasteiger partial charge in [-0.1, -0.05) is 43.7 Å². The molecule has 1 aromatic rings. The normalized spacial score (nSPS) is 12.9. The fourth-order valence-corrected chi connectivity index (χ4v) is 1.90. The maximum Gasteiger partial charge on any atom is 0.119 e. The molecule has 0 aromatic heterocycles. The predicted molar refractivity (Wildman–Crippen MR) is 88.6 cm³/mol. The molecule has 3 heteroatoms. The van der Waals surface area contributed by atoms with Crippen LogP contribution in [0.25, 0.3) is 0 Å². The van der Waals surface area contributed by atoms with Crippen LogP contribution in [0.2, 0.25) is 0 Å². The van der Waals surface area contributed by atoms with Crippen molar-refractivity contribution in [3.8, 4) is 5.75 Å². The molecule has 0 fully saturated rings. The Morgan fingerprint density at radius 2 is 1.95 bits per heavy atom. The van der Waals surface area contributed by atoms with Gasteiger partial charge in [0.2, 0.25) is 0 Å². The van der Waals surface area contributed by atoms with Crippen LogP contribution >= 0.6 is 0 Å². The zero-order valence-corrected chi connectivity index (χ0v) is 13.3. The molecule has 0 amide bonds. The highest BCUT2D eigenvalue weighted by Crippen LogP contribution is 2.15. The summed E-state index contributed by atoms with van der Waals surface area (Å²) in [7, 11) is 0. The highest BCUT2D eigenvalue weighted by atomic mass is 19.1. The predicted octanol–water partition coefficient (Wildman–Crippen LogP) is 5.73. The number of hydrogen-bond acceptors (Lipinski definition) is 1. The summed E-state index contributed by atoms with van der Waals surface area (Å²) in [5.41, 5.74) is 1.94. The molecule has 0 atom stereocenters. The first-order valence-corrected chi connectivity index (χ1v) is 7.66. The van der Waals surface area contributed by atoms with E-state index in [2.05, 4.69) is 6.92 Å². The van der Waals surface area contributed by atoms with Crippen LogP contribution in [0, 0.1) is 0 Å². The SMILES string of the molecule is C\C=C(F)/C=C(\C=C/CCF)COc1ccc(CCC)cc1. The zero-order valence-electron chi connectivity index (χ0n) is 13.3. The van der Waals surface area contributed by atoms with E-state index in [1.165, 1.54) is 17.7 Å². The Balaban J connectivity index is 2.67. The molecule has 0 bridgehead atoms. The lowest BCUT2D eigenvalue weighted by Crippen LogP contribution is -2.00. The maximum absolute atomic E-state index is 13.4. The van der Waals surface area contributed by atoms with Crippen molar-refractivity contribution in [2.45, 2.75) is 33.1 Å². The number of hydrogen-bond donors (Lipinski definition) is 0. The first-order chi connectivity index (χ1) is 10.7. The first kappa shape index (κ1) is 18.1. The molecule has 0 heterocycles. The van der Waals surface area contributed by atoms with Crippen LogP contribution in [0.15, 0.2) is 60.0 Å². The molecule has 1 rings (SSSR count). The highest BCUT2D eigenvalue weighted by Gasteiger charge is 1.99. The number of rotatable bonds is 9. The molecule has 0 spiro atoms. The van der Waals surface area contributed by atoms with Gasteiger partial charge in [-0.05, 0) is 49.1 Å². The Bertz CT molecular complexity index is 513. The fraction of sp³-hybridized carbons (Fsp3) is 0.368. The van der Waals surface area contributed by atoms with E-state index in [9.17, 15) is 8.78 Å². The smallest absolute Gasteiger partial charge is 0.119 e. The van der Waals surface area contributed by atoms with Gasteiger partial charge in [0.25, 0.3) is 0 Å². The summed E-state index contributed by atoms with van der Waals surface area (Å²) >= 11 is 0. The van der Waals surface area contributed by atoms with Crippen LogP contribution in [0.3, 0.4) is 0 Å². The molecule has 0 N–H and O–H groups in total. The van der Waals surface area contributed by atoms with Gasteiger partial charge >= 0.3 is 0 Å². The summed E-state index contributed by atoms with van der Waals surface area (Å²) in [5, 5.41) is 0. The molecule has 0 saturated heterocycles. The summed E-state index contributed by atoms with van der Waals surface area (Å²) < 4.78 is 31.2. The molecule has 0 aliphatic carbocycles. The minimum Gasteiger partial charge on any atom is -0.489 e. The number of alkyl halides is 1. The van der Waals surface area contributed by atoms with Gasteiger partial charge in [0.1, 0.15) is 18.2 Å². The Labute approximate surface area is 132 Å². The minimum atomic E-state index is -0.421. The average molecular weight is 306 g/mol. The molecule has 0 aliphatic rings. The summed E-state index contributed by atoms with van der Waals surface area (Å²) in [4.78, 5) is 0. The number of aryl methyl sites for hydroxylation is 1. The van der Waals surface area contributed by atoms with Gasteiger partial charge in [-0.2, -0.15) is 0 Å². The molecule has 0 saturated carbocycles. The summed E-state index contributed by atoms with van der Waals surface area (Å²) in [5.74, 6) is 0.410. The Hall–Kier alpha value is -1.90. The van der Waals surface area contributed by atoms with Crippen LogP contribution in [0.4, 0.5) is 8.78 Å². The molecule has 22 heavy (non-hydrogen) atoms. The standard InChI is InChI=1S/C19H24F2O/c1-3-7-16-9-11-19(12-10-16)22-15-17(8-5-6-13-20)14-18(21)4-2/h4-5,8-12,14H,3,6-7,13,15H2,1-2H3/b8-5-,17-14+,18-4+. The van der Waals surface area contributed by atoms with Gasteiger partial charge in [0.15, 0.2) is 0 Å². The molecular formula is C19H24F2O. The Morgan fingerprint density at radius 1 is 1.23 bits per heavy atom. The van der Waals surface area contributed by atoms with E-state index in [-0.39, 0.29) is 12.4 Å². The van der Waals surface area contributed by atoms with E-state index in [0.29, 0.717) is 12.0 Å². The van der Waals surface area contributed by atoms with Crippen molar-refractivity contribution in [1.82, 2.24) is 0 Å². The molecule has 0 radical (unpaired) electrons. The van der Waals surface area contributed by atoms with Gasteiger partial charge in [-0.3, -0.25) is 4.39 Å². The number of halogens is 2. The minimum absolute atomic E-state index is 0.247. The second-order valence-corrected chi connectivity index (χ2v) is 4.96. The van der Waals surface area contributed by atoms with E-state index >= 15 is 0 Å². The monoisotopic (exact) mass is 306 g/mol. The Morgan fingerprint density at radius 3 is 2.55 bits per heavy atom. The van der Waals surface area contributed by atoms with E-state index in [1.807, 2.05) is 24.3 Å². The van der Waals surface area contributed by atoms with Crippen LogP contribution in [0.1, 0.15) is 32.3 Å². The lowest BCUT2D eigenvalue weighted by molar-refractivity contribution is 0.355. The van der Waals surface area contributed by atoms with Crippen molar-refractivity contribution in [2.24, 2.45) is 0 Å². The molecule has 0 aliphatic heterocycles.